The van der Waals surface area contributed by atoms with E-state index in [-0.39, 0.29) is 11.9 Å². The predicted molar refractivity (Wildman–Crippen MR) is 64.0 cm³/mol. The third kappa shape index (κ3) is 2.82. The highest BCUT2D eigenvalue weighted by atomic mass is 79.9. The van der Waals surface area contributed by atoms with E-state index in [1.807, 2.05) is 12.1 Å². The summed E-state index contributed by atoms with van der Waals surface area (Å²) >= 11 is 3.33. The van der Waals surface area contributed by atoms with Crippen LogP contribution in [-0.2, 0) is 9.53 Å². The summed E-state index contributed by atoms with van der Waals surface area (Å²) in [5.74, 6) is 0.293. The number of halogens is 1. The fourth-order valence-electron chi connectivity index (χ4n) is 1.76. The van der Waals surface area contributed by atoms with Crippen LogP contribution in [0.4, 0.5) is 0 Å². The van der Waals surface area contributed by atoms with Crippen molar-refractivity contribution in [3.05, 3.63) is 28.5 Å². The van der Waals surface area contributed by atoms with Crippen LogP contribution in [0.5, 0.6) is 0 Å². The zero-order valence-electron chi connectivity index (χ0n) is 9.15. The molecule has 1 aliphatic carbocycles. The van der Waals surface area contributed by atoms with Gasteiger partial charge in [0.15, 0.2) is 0 Å². The second-order valence-electron chi connectivity index (χ2n) is 4.16. The van der Waals surface area contributed by atoms with E-state index >= 15 is 0 Å². The molecule has 1 unspecified atom stereocenters. The summed E-state index contributed by atoms with van der Waals surface area (Å²) in [4.78, 5) is 16.0. The van der Waals surface area contributed by atoms with Gasteiger partial charge >= 0.3 is 5.97 Å². The van der Waals surface area contributed by atoms with Gasteiger partial charge in [0.25, 0.3) is 0 Å². The standard InChI is InChI=1S/C12H14BrNO2/c1-16-12(15)10(6-8-2-3-8)11-5-4-9(13)7-14-11/h4-5,7-8,10H,2-3,6H2,1H3. The lowest BCUT2D eigenvalue weighted by molar-refractivity contribution is -0.142. The average Bonchev–Trinajstić information content (AvgIpc) is 3.10. The number of ether oxygens (including phenoxy) is 1. The maximum absolute atomic E-state index is 11.7. The first-order chi connectivity index (χ1) is 7.70. The molecular weight excluding hydrogens is 270 g/mol. The largest absolute Gasteiger partial charge is 0.469 e. The molecule has 1 aromatic rings. The molecule has 0 bridgehead atoms. The molecule has 0 aromatic carbocycles. The second kappa shape index (κ2) is 4.95. The summed E-state index contributed by atoms with van der Waals surface area (Å²) in [5.41, 5.74) is 0.807. The van der Waals surface area contributed by atoms with Crippen molar-refractivity contribution in [3.63, 3.8) is 0 Å². The van der Waals surface area contributed by atoms with Crippen LogP contribution in [0.3, 0.4) is 0 Å². The van der Waals surface area contributed by atoms with Crippen LogP contribution in [0.25, 0.3) is 0 Å². The molecule has 1 aliphatic rings. The molecule has 0 saturated heterocycles. The Morgan fingerprint density at radius 2 is 2.38 bits per heavy atom. The molecule has 2 rings (SSSR count). The van der Waals surface area contributed by atoms with Gasteiger partial charge in [-0.05, 0) is 40.4 Å². The number of hydrogen-bond donors (Lipinski definition) is 0. The highest BCUT2D eigenvalue weighted by molar-refractivity contribution is 9.10. The van der Waals surface area contributed by atoms with Gasteiger partial charge in [0.2, 0.25) is 0 Å². The highest BCUT2D eigenvalue weighted by Crippen LogP contribution is 2.38. The normalized spacial score (nSPS) is 16.9. The van der Waals surface area contributed by atoms with Gasteiger partial charge in [-0.2, -0.15) is 0 Å². The number of nitrogens with zero attached hydrogens (tertiary/aromatic N) is 1. The first kappa shape index (κ1) is 11.6. The fourth-order valence-corrected chi connectivity index (χ4v) is 1.99. The zero-order chi connectivity index (χ0) is 11.5. The minimum absolute atomic E-state index is 0.179. The molecular formula is C12H14BrNO2. The van der Waals surface area contributed by atoms with E-state index < -0.39 is 0 Å². The van der Waals surface area contributed by atoms with Crippen molar-refractivity contribution in [2.24, 2.45) is 5.92 Å². The molecule has 0 amide bonds. The number of methoxy groups -OCH3 is 1. The molecule has 0 spiro atoms. The summed E-state index contributed by atoms with van der Waals surface area (Å²) < 4.78 is 5.76. The van der Waals surface area contributed by atoms with Gasteiger partial charge < -0.3 is 4.74 Å². The second-order valence-corrected chi connectivity index (χ2v) is 5.07. The van der Waals surface area contributed by atoms with Crippen LogP contribution in [0.15, 0.2) is 22.8 Å². The average molecular weight is 284 g/mol. The Labute approximate surface area is 103 Å². The smallest absolute Gasteiger partial charge is 0.314 e. The van der Waals surface area contributed by atoms with Gasteiger partial charge in [0.05, 0.1) is 18.7 Å². The molecule has 86 valence electrons. The first-order valence-electron chi connectivity index (χ1n) is 5.40. The van der Waals surface area contributed by atoms with Crippen LogP contribution in [0.2, 0.25) is 0 Å². The number of hydrogen-bond acceptors (Lipinski definition) is 3. The number of carbonyl (C=O) groups is 1. The highest BCUT2D eigenvalue weighted by Gasteiger charge is 2.31. The summed E-state index contributed by atoms with van der Waals surface area (Å²) in [5, 5.41) is 0. The zero-order valence-corrected chi connectivity index (χ0v) is 10.7. The Bertz CT molecular complexity index is 373. The van der Waals surface area contributed by atoms with Crippen molar-refractivity contribution in [2.75, 3.05) is 7.11 Å². The fraction of sp³-hybridized carbons (Fsp3) is 0.500. The van der Waals surface area contributed by atoms with Crippen LogP contribution < -0.4 is 0 Å². The van der Waals surface area contributed by atoms with Gasteiger partial charge in [-0.1, -0.05) is 12.8 Å². The molecule has 4 heteroatoms. The van der Waals surface area contributed by atoms with E-state index in [2.05, 4.69) is 20.9 Å². The van der Waals surface area contributed by atoms with Crippen LogP contribution in [0.1, 0.15) is 30.9 Å². The molecule has 0 aliphatic heterocycles. The SMILES string of the molecule is COC(=O)C(CC1CC1)c1ccc(Br)cn1. The van der Waals surface area contributed by atoms with Crippen LogP contribution in [0, 0.1) is 5.92 Å². The Hall–Kier alpha value is -0.900. The van der Waals surface area contributed by atoms with Gasteiger partial charge in [0.1, 0.15) is 0 Å². The lowest BCUT2D eigenvalue weighted by atomic mass is 9.98. The molecule has 1 saturated carbocycles. The molecule has 3 nitrogen and oxygen atoms in total. The Morgan fingerprint density at radius 3 is 2.88 bits per heavy atom. The number of carbonyl (C=O) groups excluding carboxylic acids is 1. The quantitative estimate of drug-likeness (QED) is 0.798. The van der Waals surface area contributed by atoms with Gasteiger partial charge in [-0.15, -0.1) is 0 Å². The van der Waals surface area contributed by atoms with E-state index in [9.17, 15) is 4.79 Å². The van der Waals surface area contributed by atoms with Crippen molar-refractivity contribution in [2.45, 2.75) is 25.2 Å². The molecule has 0 N–H and O–H groups in total. The Balaban J connectivity index is 2.15. The first-order valence-corrected chi connectivity index (χ1v) is 6.19. The summed E-state index contributed by atoms with van der Waals surface area (Å²) in [6.07, 6.45) is 5.04. The van der Waals surface area contributed by atoms with E-state index in [1.165, 1.54) is 20.0 Å². The van der Waals surface area contributed by atoms with E-state index in [0.29, 0.717) is 5.92 Å². The Morgan fingerprint density at radius 1 is 1.62 bits per heavy atom. The molecule has 1 atom stereocenters. The van der Waals surface area contributed by atoms with Crippen molar-refractivity contribution in [1.29, 1.82) is 0 Å². The maximum Gasteiger partial charge on any atom is 0.314 e. The molecule has 0 radical (unpaired) electrons. The summed E-state index contributed by atoms with van der Waals surface area (Å²) in [7, 11) is 1.43. The number of aromatic nitrogens is 1. The topological polar surface area (TPSA) is 39.2 Å². The monoisotopic (exact) mass is 283 g/mol. The third-order valence-electron chi connectivity index (χ3n) is 2.86. The number of rotatable bonds is 4. The summed E-state index contributed by atoms with van der Waals surface area (Å²) in [6, 6.07) is 3.79. The van der Waals surface area contributed by atoms with Crippen molar-refractivity contribution in [1.82, 2.24) is 4.98 Å². The number of pyridine rings is 1. The van der Waals surface area contributed by atoms with Gasteiger partial charge in [-0.3, -0.25) is 9.78 Å². The summed E-state index contributed by atoms with van der Waals surface area (Å²) in [6.45, 7) is 0. The number of esters is 1. The third-order valence-corrected chi connectivity index (χ3v) is 3.33. The maximum atomic E-state index is 11.7. The van der Waals surface area contributed by atoms with Crippen molar-refractivity contribution >= 4 is 21.9 Å². The van der Waals surface area contributed by atoms with Crippen molar-refractivity contribution < 1.29 is 9.53 Å². The van der Waals surface area contributed by atoms with E-state index in [0.717, 1.165) is 16.6 Å². The van der Waals surface area contributed by atoms with Gasteiger partial charge in [-0.25, -0.2) is 0 Å². The van der Waals surface area contributed by atoms with Crippen molar-refractivity contribution in [3.8, 4) is 0 Å². The Kier molecular flexibility index (Phi) is 3.59. The van der Waals surface area contributed by atoms with Gasteiger partial charge in [0, 0.05) is 10.7 Å². The molecule has 1 heterocycles. The minimum Gasteiger partial charge on any atom is -0.469 e. The van der Waals surface area contributed by atoms with Crippen LogP contribution >= 0.6 is 15.9 Å². The molecule has 1 aromatic heterocycles. The molecule has 1 fully saturated rings. The van der Waals surface area contributed by atoms with E-state index in [4.69, 9.17) is 4.74 Å². The molecule has 16 heavy (non-hydrogen) atoms. The van der Waals surface area contributed by atoms with Crippen LogP contribution in [-0.4, -0.2) is 18.1 Å². The predicted octanol–water partition coefficient (Wildman–Crippen LogP) is 2.90. The lowest BCUT2D eigenvalue weighted by Crippen LogP contribution is -2.16. The van der Waals surface area contributed by atoms with E-state index in [1.54, 1.807) is 6.20 Å². The lowest BCUT2D eigenvalue weighted by Gasteiger charge is -2.13. The minimum atomic E-state index is -0.203.